The number of hydrogen-bond acceptors (Lipinski definition) is 5. The van der Waals surface area contributed by atoms with Crippen molar-refractivity contribution in [2.75, 3.05) is 6.54 Å². The third-order valence-electron chi connectivity index (χ3n) is 3.70. The van der Waals surface area contributed by atoms with Crippen molar-refractivity contribution in [2.45, 2.75) is 32.3 Å². The highest BCUT2D eigenvalue weighted by Crippen LogP contribution is 2.23. The zero-order valence-electron chi connectivity index (χ0n) is 13.6. The predicted octanol–water partition coefficient (Wildman–Crippen LogP) is 1.91. The van der Waals surface area contributed by atoms with E-state index in [-0.39, 0.29) is 17.9 Å². The summed E-state index contributed by atoms with van der Waals surface area (Å²) in [6, 6.07) is 8.86. The smallest absolute Gasteiger partial charge is 0.322 e. The van der Waals surface area contributed by atoms with Gasteiger partial charge in [-0.25, -0.2) is 0 Å². The summed E-state index contributed by atoms with van der Waals surface area (Å²) in [5, 5.41) is 30.5. The van der Waals surface area contributed by atoms with Crippen LogP contribution in [0.5, 0.6) is 0 Å². The first kappa shape index (κ1) is 17.6. The molecule has 24 heavy (non-hydrogen) atoms. The van der Waals surface area contributed by atoms with Crippen LogP contribution in [0.15, 0.2) is 30.3 Å². The summed E-state index contributed by atoms with van der Waals surface area (Å²) in [6.45, 7) is 3.34. The lowest BCUT2D eigenvalue weighted by Crippen LogP contribution is -2.38. The molecule has 0 saturated carbocycles. The average Bonchev–Trinajstić information content (AvgIpc) is 2.98. The van der Waals surface area contributed by atoms with E-state index in [0.717, 1.165) is 0 Å². The number of H-pyrrole nitrogens is 1. The number of aromatic nitrogens is 2. The van der Waals surface area contributed by atoms with Crippen molar-refractivity contribution >= 4 is 11.6 Å². The fraction of sp³-hybridized carbons (Fsp3) is 0.375. The number of hydrogen-bond donors (Lipinski definition) is 3. The summed E-state index contributed by atoms with van der Waals surface area (Å²) in [7, 11) is 0. The molecule has 8 heteroatoms. The van der Waals surface area contributed by atoms with Gasteiger partial charge >= 0.3 is 5.69 Å². The molecule has 0 aliphatic heterocycles. The Morgan fingerprint density at radius 3 is 2.67 bits per heavy atom. The van der Waals surface area contributed by atoms with Gasteiger partial charge in [0, 0.05) is 0 Å². The number of benzene rings is 1. The summed E-state index contributed by atoms with van der Waals surface area (Å²) in [6.07, 6.45) is 1.12. The second-order valence-electron chi connectivity index (χ2n) is 5.73. The fourth-order valence-corrected chi connectivity index (χ4v) is 2.39. The predicted molar refractivity (Wildman–Crippen MR) is 87.6 cm³/mol. The molecule has 1 unspecified atom stereocenters. The molecule has 8 nitrogen and oxygen atoms in total. The van der Waals surface area contributed by atoms with Gasteiger partial charge in [0.2, 0.25) is 5.69 Å². The molecule has 1 aromatic heterocycles. The van der Waals surface area contributed by atoms with Crippen molar-refractivity contribution in [3.8, 4) is 0 Å². The van der Waals surface area contributed by atoms with E-state index in [0.29, 0.717) is 24.1 Å². The minimum absolute atomic E-state index is 0.0943. The van der Waals surface area contributed by atoms with Crippen LogP contribution >= 0.6 is 0 Å². The minimum atomic E-state index is -1.30. The van der Waals surface area contributed by atoms with E-state index in [4.69, 9.17) is 0 Å². The Morgan fingerprint density at radius 1 is 1.42 bits per heavy atom. The van der Waals surface area contributed by atoms with Crippen molar-refractivity contribution in [2.24, 2.45) is 0 Å². The number of aliphatic hydroxyl groups is 1. The molecule has 0 saturated heterocycles. The first-order valence-corrected chi connectivity index (χ1v) is 7.64. The molecule has 2 rings (SSSR count). The molecule has 0 fully saturated rings. The Balaban J connectivity index is 2.14. The number of carbonyl (C=O) groups excluding carboxylic acids is 1. The summed E-state index contributed by atoms with van der Waals surface area (Å²) in [5.41, 5.74) is -0.925. The molecule has 0 bridgehead atoms. The molecule has 1 amide bonds. The van der Waals surface area contributed by atoms with Crippen LogP contribution < -0.4 is 5.32 Å². The van der Waals surface area contributed by atoms with E-state index in [2.05, 4.69) is 15.5 Å². The molecule has 0 aliphatic carbocycles. The van der Waals surface area contributed by atoms with E-state index in [1.807, 2.05) is 13.0 Å². The van der Waals surface area contributed by atoms with Gasteiger partial charge < -0.3 is 10.4 Å². The fourth-order valence-electron chi connectivity index (χ4n) is 2.39. The Labute approximate surface area is 139 Å². The highest BCUT2D eigenvalue weighted by Gasteiger charge is 2.30. The summed E-state index contributed by atoms with van der Waals surface area (Å²) >= 11 is 0. The van der Waals surface area contributed by atoms with Gasteiger partial charge in [0.15, 0.2) is 0 Å². The molecular formula is C16H20N4O4. The molecule has 1 aromatic carbocycles. The van der Waals surface area contributed by atoms with Crippen molar-refractivity contribution in [3.63, 3.8) is 0 Å². The van der Waals surface area contributed by atoms with Gasteiger partial charge in [0.05, 0.1) is 11.5 Å². The Kier molecular flexibility index (Phi) is 5.30. The Hall–Kier alpha value is -2.74. The van der Waals surface area contributed by atoms with Gasteiger partial charge in [-0.05, 0) is 18.9 Å². The van der Waals surface area contributed by atoms with Crippen molar-refractivity contribution in [3.05, 3.63) is 57.4 Å². The second kappa shape index (κ2) is 7.22. The monoisotopic (exact) mass is 332 g/mol. The lowest BCUT2D eigenvalue weighted by Gasteiger charge is -2.23. The molecule has 0 radical (unpaired) electrons. The number of amides is 1. The quantitative estimate of drug-likeness (QED) is 0.528. The third kappa shape index (κ3) is 3.77. The highest BCUT2D eigenvalue weighted by atomic mass is 16.6. The number of carbonyl (C=O) groups is 1. The van der Waals surface area contributed by atoms with E-state index in [1.165, 1.54) is 0 Å². The van der Waals surface area contributed by atoms with Crippen LogP contribution in [0.25, 0.3) is 0 Å². The standard InChI is InChI=1S/C16H20N4O4/c1-3-7-12-14(20(23)24)13(19-18-12)15(21)17-10-16(2,22)11-8-5-4-6-9-11/h4-6,8-9,22H,3,7,10H2,1-2H3,(H,17,21)(H,18,19). The Bertz CT molecular complexity index is 725. The molecule has 0 aliphatic rings. The molecule has 0 spiro atoms. The molecular weight excluding hydrogens is 312 g/mol. The van der Waals surface area contributed by atoms with E-state index >= 15 is 0 Å². The number of aryl methyl sites for hydroxylation is 1. The highest BCUT2D eigenvalue weighted by molar-refractivity contribution is 5.96. The molecule has 128 valence electrons. The van der Waals surface area contributed by atoms with Gasteiger partial charge in [-0.3, -0.25) is 20.0 Å². The van der Waals surface area contributed by atoms with Crippen molar-refractivity contribution in [1.29, 1.82) is 0 Å². The van der Waals surface area contributed by atoms with Gasteiger partial charge in [-0.1, -0.05) is 43.7 Å². The lowest BCUT2D eigenvalue weighted by atomic mass is 9.96. The molecule has 1 atom stereocenters. The SMILES string of the molecule is CCCc1[nH]nc(C(=O)NCC(C)(O)c2ccccc2)c1[N+](=O)[O-]. The van der Waals surface area contributed by atoms with Crippen molar-refractivity contribution in [1.82, 2.24) is 15.5 Å². The van der Waals surface area contributed by atoms with E-state index in [9.17, 15) is 20.0 Å². The molecule has 1 heterocycles. The number of nitrogens with one attached hydrogen (secondary N) is 2. The average molecular weight is 332 g/mol. The number of nitro groups is 1. The number of rotatable bonds is 7. The van der Waals surface area contributed by atoms with Crippen LogP contribution in [0.3, 0.4) is 0 Å². The van der Waals surface area contributed by atoms with Crippen LogP contribution in [0, 0.1) is 10.1 Å². The third-order valence-corrected chi connectivity index (χ3v) is 3.70. The molecule has 3 N–H and O–H groups in total. The van der Waals surface area contributed by atoms with E-state index < -0.39 is 16.4 Å². The van der Waals surface area contributed by atoms with Crippen LogP contribution in [-0.2, 0) is 12.0 Å². The van der Waals surface area contributed by atoms with Crippen LogP contribution in [0.4, 0.5) is 5.69 Å². The van der Waals surface area contributed by atoms with Gasteiger partial charge in [-0.2, -0.15) is 5.10 Å². The maximum Gasteiger partial charge on any atom is 0.322 e. The maximum absolute atomic E-state index is 12.3. The number of aromatic amines is 1. The topological polar surface area (TPSA) is 121 Å². The first-order chi connectivity index (χ1) is 11.4. The largest absolute Gasteiger partial charge is 0.384 e. The van der Waals surface area contributed by atoms with Gasteiger partial charge in [0.25, 0.3) is 5.91 Å². The van der Waals surface area contributed by atoms with Gasteiger partial charge in [-0.15, -0.1) is 0 Å². The van der Waals surface area contributed by atoms with Gasteiger partial charge in [0.1, 0.15) is 11.3 Å². The minimum Gasteiger partial charge on any atom is -0.384 e. The Morgan fingerprint density at radius 2 is 2.08 bits per heavy atom. The van der Waals surface area contributed by atoms with Crippen LogP contribution in [0.1, 0.15) is 42.0 Å². The lowest BCUT2D eigenvalue weighted by molar-refractivity contribution is -0.385. The van der Waals surface area contributed by atoms with Crippen LogP contribution in [0.2, 0.25) is 0 Å². The summed E-state index contributed by atoms with van der Waals surface area (Å²) < 4.78 is 0. The normalized spacial score (nSPS) is 13.3. The van der Waals surface area contributed by atoms with Crippen LogP contribution in [-0.4, -0.2) is 32.7 Å². The zero-order chi connectivity index (χ0) is 17.7. The maximum atomic E-state index is 12.3. The molecule has 2 aromatic rings. The van der Waals surface area contributed by atoms with Crippen molar-refractivity contribution < 1.29 is 14.8 Å². The second-order valence-corrected chi connectivity index (χ2v) is 5.73. The van der Waals surface area contributed by atoms with E-state index in [1.54, 1.807) is 31.2 Å². The number of nitrogens with zero attached hydrogens (tertiary/aromatic N) is 2. The summed E-state index contributed by atoms with van der Waals surface area (Å²) in [5.74, 6) is -0.698. The summed E-state index contributed by atoms with van der Waals surface area (Å²) in [4.78, 5) is 22.9. The first-order valence-electron chi connectivity index (χ1n) is 7.64. The zero-order valence-corrected chi connectivity index (χ0v) is 13.6.